The number of anilines is 1. The molecule has 0 atom stereocenters. The van der Waals surface area contributed by atoms with Crippen LogP contribution in [0.15, 0.2) is 70.7 Å². The van der Waals surface area contributed by atoms with E-state index in [2.05, 4.69) is 25.0 Å². The number of hydrogen-bond donors (Lipinski definition) is 2. The van der Waals surface area contributed by atoms with Crippen molar-refractivity contribution in [2.45, 2.75) is 30.6 Å². The summed E-state index contributed by atoms with van der Waals surface area (Å²) < 4.78 is 28.0. The fourth-order valence-corrected chi connectivity index (χ4v) is 4.44. The molecule has 2 heterocycles. The topological polar surface area (TPSA) is 113 Å². The molecule has 0 bridgehead atoms. The van der Waals surface area contributed by atoms with E-state index < -0.39 is 15.9 Å². The highest BCUT2D eigenvalue weighted by Gasteiger charge is 2.17. The van der Waals surface area contributed by atoms with E-state index in [1.54, 1.807) is 24.4 Å². The van der Waals surface area contributed by atoms with Crippen LogP contribution in [0.4, 0.5) is 5.69 Å². The van der Waals surface area contributed by atoms with Gasteiger partial charge in [0.05, 0.1) is 27.8 Å². The predicted molar refractivity (Wildman–Crippen MR) is 125 cm³/mol. The molecule has 3 aromatic rings. The van der Waals surface area contributed by atoms with Crippen LogP contribution < -0.4 is 10.0 Å². The Labute approximate surface area is 186 Å². The summed E-state index contributed by atoms with van der Waals surface area (Å²) >= 11 is 0. The molecule has 0 fully saturated rings. The Balaban J connectivity index is 1.43. The number of fused-ring (bicyclic) bond motifs is 1. The molecule has 0 aliphatic carbocycles. The normalized spacial score (nSPS) is 14.7. The van der Waals surface area contributed by atoms with Crippen LogP contribution in [0.25, 0.3) is 17.1 Å². The van der Waals surface area contributed by atoms with Gasteiger partial charge in [0.1, 0.15) is 5.84 Å². The summed E-state index contributed by atoms with van der Waals surface area (Å²) in [5.74, 6) is 0.0759. The van der Waals surface area contributed by atoms with Crippen LogP contribution in [0.1, 0.15) is 31.4 Å². The van der Waals surface area contributed by atoms with E-state index in [4.69, 9.17) is 0 Å². The molecule has 2 N–H and O–H groups in total. The average Bonchev–Trinajstić information content (AvgIpc) is 3.06. The molecule has 0 saturated heterocycles. The maximum Gasteiger partial charge on any atom is 0.262 e. The van der Waals surface area contributed by atoms with Crippen molar-refractivity contribution >= 4 is 44.6 Å². The average molecular weight is 450 g/mol. The first-order chi connectivity index (χ1) is 15.5. The molecule has 0 spiro atoms. The largest absolute Gasteiger partial charge is 0.322 e. The molecule has 1 aliphatic rings. The number of carbonyl (C=O) groups is 1. The van der Waals surface area contributed by atoms with E-state index in [0.717, 1.165) is 30.3 Å². The third kappa shape index (κ3) is 5.55. The monoisotopic (exact) mass is 449 g/mol. The van der Waals surface area contributed by atoms with Crippen molar-refractivity contribution in [3.05, 3.63) is 66.5 Å². The van der Waals surface area contributed by atoms with Gasteiger partial charge in [0.15, 0.2) is 0 Å². The highest BCUT2D eigenvalue weighted by molar-refractivity contribution is 7.90. The number of nitrogens with one attached hydrogen (secondary N) is 2. The molecule has 9 heteroatoms. The molecule has 1 aromatic heterocycles. The minimum Gasteiger partial charge on any atom is -0.322 e. The van der Waals surface area contributed by atoms with Crippen LogP contribution in [-0.2, 0) is 14.8 Å². The van der Waals surface area contributed by atoms with Crippen molar-refractivity contribution in [1.82, 2.24) is 14.7 Å². The van der Waals surface area contributed by atoms with Crippen molar-refractivity contribution in [1.29, 1.82) is 0 Å². The van der Waals surface area contributed by atoms with Crippen molar-refractivity contribution in [2.24, 2.45) is 4.99 Å². The van der Waals surface area contributed by atoms with E-state index in [1.165, 1.54) is 18.2 Å². The highest BCUT2D eigenvalue weighted by Crippen LogP contribution is 2.17. The Morgan fingerprint density at radius 1 is 1.00 bits per heavy atom. The van der Waals surface area contributed by atoms with Gasteiger partial charge in [-0.15, -0.1) is 0 Å². The number of aliphatic imine (C=N–C) groups is 1. The van der Waals surface area contributed by atoms with Gasteiger partial charge in [-0.1, -0.05) is 24.6 Å². The van der Waals surface area contributed by atoms with Crippen LogP contribution in [0.2, 0.25) is 0 Å². The van der Waals surface area contributed by atoms with Gasteiger partial charge >= 0.3 is 0 Å². The fourth-order valence-electron chi connectivity index (χ4n) is 3.31. The molecule has 0 radical (unpaired) electrons. The van der Waals surface area contributed by atoms with Gasteiger partial charge in [-0.05, 0) is 49.2 Å². The molecule has 0 saturated carbocycles. The quantitative estimate of drug-likeness (QED) is 0.579. The Morgan fingerprint density at radius 2 is 1.84 bits per heavy atom. The minimum atomic E-state index is -3.78. The number of benzene rings is 2. The van der Waals surface area contributed by atoms with Crippen molar-refractivity contribution in [2.75, 3.05) is 11.9 Å². The SMILES string of the molecule is O=C(/C=C/c1cnc2ccccc2n1)Nc1cccc(S(=O)(=O)NC2=NCCCCC2)c1. The summed E-state index contributed by atoms with van der Waals surface area (Å²) in [7, 11) is -3.78. The van der Waals surface area contributed by atoms with Gasteiger partial charge in [0, 0.05) is 24.7 Å². The predicted octanol–water partition coefficient (Wildman–Crippen LogP) is 3.53. The third-order valence-electron chi connectivity index (χ3n) is 4.91. The first kappa shape index (κ1) is 21.6. The molecule has 2 aromatic carbocycles. The zero-order valence-corrected chi connectivity index (χ0v) is 18.2. The van der Waals surface area contributed by atoms with Gasteiger partial charge in [-0.3, -0.25) is 19.5 Å². The lowest BCUT2D eigenvalue weighted by Gasteiger charge is -2.11. The van der Waals surface area contributed by atoms with E-state index >= 15 is 0 Å². The first-order valence-electron chi connectivity index (χ1n) is 10.4. The van der Waals surface area contributed by atoms with Gasteiger partial charge in [-0.25, -0.2) is 13.4 Å². The van der Waals surface area contributed by atoms with E-state index in [0.29, 0.717) is 30.2 Å². The van der Waals surface area contributed by atoms with Crippen molar-refractivity contribution in [3.63, 3.8) is 0 Å². The molecule has 0 unspecified atom stereocenters. The van der Waals surface area contributed by atoms with Gasteiger partial charge in [-0.2, -0.15) is 0 Å². The van der Waals surface area contributed by atoms with Gasteiger partial charge < -0.3 is 5.32 Å². The molecule has 1 aliphatic heterocycles. The minimum absolute atomic E-state index is 0.0617. The number of carbonyl (C=O) groups excluding carboxylic acids is 1. The van der Waals surface area contributed by atoms with Crippen LogP contribution in [0, 0.1) is 0 Å². The van der Waals surface area contributed by atoms with E-state index in [1.807, 2.05) is 24.3 Å². The number of amidine groups is 1. The smallest absolute Gasteiger partial charge is 0.262 e. The number of para-hydroxylation sites is 2. The molecule has 164 valence electrons. The number of nitrogens with zero attached hydrogens (tertiary/aromatic N) is 3. The fraction of sp³-hybridized carbons (Fsp3) is 0.217. The molecular formula is C23H23N5O3S. The third-order valence-corrected chi connectivity index (χ3v) is 6.29. The van der Waals surface area contributed by atoms with Crippen molar-refractivity contribution < 1.29 is 13.2 Å². The number of hydrogen-bond acceptors (Lipinski definition) is 6. The number of rotatable bonds is 5. The maximum atomic E-state index is 12.7. The van der Waals surface area contributed by atoms with Crippen LogP contribution >= 0.6 is 0 Å². The Kier molecular flexibility index (Phi) is 6.55. The molecule has 4 rings (SSSR count). The summed E-state index contributed by atoms with van der Waals surface area (Å²) in [6, 6.07) is 13.6. The Morgan fingerprint density at radius 3 is 2.72 bits per heavy atom. The molecule has 8 nitrogen and oxygen atoms in total. The van der Waals surface area contributed by atoms with Crippen LogP contribution in [-0.4, -0.2) is 36.7 Å². The van der Waals surface area contributed by atoms with Gasteiger partial charge in [0.2, 0.25) is 5.91 Å². The number of aromatic nitrogens is 2. The lowest BCUT2D eigenvalue weighted by Crippen LogP contribution is -2.30. The highest BCUT2D eigenvalue weighted by atomic mass is 32.2. The first-order valence-corrected chi connectivity index (χ1v) is 11.8. The van der Waals surface area contributed by atoms with Crippen molar-refractivity contribution in [3.8, 4) is 0 Å². The number of sulfonamides is 1. The molecular weight excluding hydrogens is 426 g/mol. The second-order valence-electron chi connectivity index (χ2n) is 7.38. The summed E-state index contributed by atoms with van der Waals surface area (Å²) in [4.78, 5) is 25.5. The standard InChI is InChI=1S/C23H23N5O3S/c29-23(13-12-18-16-25-20-9-3-4-10-21(20)26-18)27-17-7-6-8-19(15-17)32(30,31)28-22-11-2-1-5-14-24-22/h3-4,6-10,12-13,15-16H,1-2,5,11,14H2,(H,24,28)(H,27,29)/b13-12+. The lowest BCUT2D eigenvalue weighted by molar-refractivity contribution is -0.111. The molecule has 32 heavy (non-hydrogen) atoms. The van der Waals surface area contributed by atoms with Crippen LogP contribution in [0.5, 0.6) is 0 Å². The zero-order chi connectivity index (χ0) is 22.4. The Hall–Kier alpha value is -3.59. The second-order valence-corrected chi connectivity index (χ2v) is 9.06. The van der Waals surface area contributed by atoms with E-state index in [9.17, 15) is 13.2 Å². The maximum absolute atomic E-state index is 12.7. The summed E-state index contributed by atoms with van der Waals surface area (Å²) in [5.41, 5.74) is 2.42. The lowest BCUT2D eigenvalue weighted by atomic mass is 10.2. The van der Waals surface area contributed by atoms with E-state index in [-0.39, 0.29) is 4.90 Å². The molecule has 1 amide bonds. The summed E-state index contributed by atoms with van der Waals surface area (Å²) in [5, 5.41) is 2.68. The summed E-state index contributed by atoms with van der Waals surface area (Å²) in [6.45, 7) is 0.627. The van der Waals surface area contributed by atoms with Gasteiger partial charge in [0.25, 0.3) is 10.0 Å². The Bertz CT molecular complexity index is 1300. The van der Waals surface area contributed by atoms with Crippen LogP contribution in [0.3, 0.4) is 0 Å². The number of amides is 1. The zero-order valence-electron chi connectivity index (χ0n) is 17.4. The second kappa shape index (κ2) is 9.69. The summed E-state index contributed by atoms with van der Waals surface area (Å²) in [6.07, 6.45) is 7.99.